The first-order valence-electron chi connectivity index (χ1n) is 2.03. The van der Waals surface area contributed by atoms with E-state index in [1.54, 1.807) is 0 Å². The van der Waals surface area contributed by atoms with E-state index >= 15 is 0 Å². The van der Waals surface area contributed by atoms with Gasteiger partial charge >= 0.3 is 5.97 Å². The zero-order chi connectivity index (χ0) is 5.98. The van der Waals surface area contributed by atoms with Gasteiger partial charge in [0.15, 0.2) is 0 Å². The van der Waals surface area contributed by atoms with E-state index in [0.717, 1.165) is 0 Å². The van der Waals surface area contributed by atoms with Gasteiger partial charge in [0.2, 0.25) is 5.82 Å². The van der Waals surface area contributed by atoms with E-state index in [2.05, 4.69) is 9.97 Å². The molecule has 1 aromatic rings. The van der Waals surface area contributed by atoms with E-state index < -0.39 is 5.97 Å². The van der Waals surface area contributed by atoms with Crippen molar-refractivity contribution in [1.82, 2.24) is 16.1 Å². The number of H-pyrrole nitrogens is 1. The number of aromatic amines is 1. The summed E-state index contributed by atoms with van der Waals surface area (Å²) in [5.74, 6) is -1.06. The average molecular weight is 185 g/mol. The van der Waals surface area contributed by atoms with E-state index in [4.69, 9.17) is 5.11 Å². The number of hydrogen-bond acceptors (Lipinski definition) is 2. The Morgan fingerprint density at radius 2 is 2.30 bits per heavy atom. The molecule has 1 heterocycles. The molecule has 0 fully saturated rings. The molecule has 0 unspecified atom stereocenters. The van der Waals surface area contributed by atoms with E-state index in [0.29, 0.717) is 0 Å². The van der Waals surface area contributed by atoms with Crippen molar-refractivity contribution >= 4 is 5.97 Å². The number of rotatable bonds is 1. The van der Waals surface area contributed by atoms with Crippen LogP contribution in [0.25, 0.3) is 0 Å². The Kier molecular flexibility index (Phi) is 5.91. The van der Waals surface area contributed by atoms with E-state index in [9.17, 15) is 4.79 Å². The third kappa shape index (κ3) is 2.62. The molecule has 0 aromatic carbocycles. The van der Waals surface area contributed by atoms with Gasteiger partial charge in [-0.05, 0) is 0 Å². The van der Waals surface area contributed by atoms with Gasteiger partial charge in [-0.1, -0.05) is 0 Å². The van der Waals surface area contributed by atoms with Crippen LogP contribution < -0.4 is 6.15 Å². The molecule has 1 aromatic heterocycles. The molecule has 0 atom stereocenters. The summed E-state index contributed by atoms with van der Waals surface area (Å²) in [6, 6.07) is 0. The molecule has 0 saturated carbocycles. The first kappa shape index (κ1) is 11.9. The molecule has 0 amide bonds. The summed E-state index contributed by atoms with van der Waals surface area (Å²) in [4.78, 5) is 15.9. The Hall–Kier alpha value is -0.854. The molecular weight excluding hydrogens is 181 g/mol. The summed E-state index contributed by atoms with van der Waals surface area (Å²) in [6.07, 6.45) is 2.85. The number of nitrogens with one attached hydrogen (secondary N) is 1. The van der Waals surface area contributed by atoms with Crippen molar-refractivity contribution in [2.24, 2.45) is 0 Å². The molecule has 0 aliphatic carbocycles. The fourth-order valence-electron chi connectivity index (χ4n) is 0.382. The molecule has 4 radical (unpaired) electrons. The SMILES string of the molecule is O=C(O)c1ncc[nH]1.[Co].[N]. The second-order valence-electron chi connectivity index (χ2n) is 1.24. The van der Waals surface area contributed by atoms with Crippen LogP contribution in [-0.4, -0.2) is 21.0 Å². The predicted octanol–water partition coefficient (Wildman–Crippen LogP) is -0.375. The molecular formula is C4H4CoN3O2. The van der Waals surface area contributed by atoms with Gasteiger partial charge in [-0.3, -0.25) is 0 Å². The molecule has 6 heteroatoms. The average Bonchev–Trinajstić information content (AvgIpc) is 2.12. The minimum Gasteiger partial charge on any atom is -0.475 e. The van der Waals surface area contributed by atoms with Gasteiger partial charge in [0.1, 0.15) is 0 Å². The number of carbonyl (C=O) groups is 1. The Balaban J connectivity index is 0. The van der Waals surface area contributed by atoms with Crippen molar-refractivity contribution in [2.75, 3.05) is 0 Å². The fourth-order valence-corrected chi connectivity index (χ4v) is 0.382. The van der Waals surface area contributed by atoms with Crippen LogP contribution in [0, 0.1) is 0 Å². The molecule has 0 spiro atoms. The molecule has 2 N–H and O–H groups in total. The molecule has 10 heavy (non-hydrogen) atoms. The van der Waals surface area contributed by atoms with Crippen molar-refractivity contribution < 1.29 is 26.7 Å². The number of nitrogens with zero attached hydrogens (tertiary/aromatic N) is 2. The van der Waals surface area contributed by atoms with Gasteiger partial charge in [-0.25, -0.2) is 9.78 Å². The van der Waals surface area contributed by atoms with Crippen LogP contribution in [0.4, 0.5) is 0 Å². The maximum absolute atomic E-state index is 9.97. The van der Waals surface area contributed by atoms with Gasteiger partial charge in [-0.2, -0.15) is 0 Å². The summed E-state index contributed by atoms with van der Waals surface area (Å²) >= 11 is 0. The van der Waals surface area contributed by atoms with Crippen LogP contribution in [0.2, 0.25) is 0 Å². The molecule has 0 aliphatic heterocycles. The number of hydrogen-bond donors (Lipinski definition) is 2. The monoisotopic (exact) mass is 185 g/mol. The minimum atomic E-state index is -1.03. The van der Waals surface area contributed by atoms with Crippen molar-refractivity contribution in [3.8, 4) is 0 Å². The standard InChI is InChI=1S/C4H4N2O2.Co.N/c7-4(8)3-5-1-2-6-3;;/h1-2H,(H,5,6)(H,7,8);;. The quantitative estimate of drug-likeness (QED) is 0.624. The second kappa shape index (κ2) is 4.97. The Morgan fingerprint density at radius 1 is 1.70 bits per heavy atom. The van der Waals surface area contributed by atoms with Crippen LogP contribution in [-0.2, 0) is 16.8 Å². The minimum absolute atomic E-state index is 0. The normalized spacial score (nSPS) is 7.20. The van der Waals surface area contributed by atoms with E-state index in [1.165, 1.54) is 12.4 Å². The van der Waals surface area contributed by atoms with Crippen LogP contribution in [0.15, 0.2) is 12.4 Å². The van der Waals surface area contributed by atoms with Crippen molar-refractivity contribution in [1.29, 1.82) is 0 Å². The number of aromatic carboxylic acids is 1. The molecule has 0 bridgehead atoms. The summed E-state index contributed by atoms with van der Waals surface area (Å²) in [5.41, 5.74) is 0. The first-order chi connectivity index (χ1) is 3.80. The number of carboxylic acids is 1. The van der Waals surface area contributed by atoms with Gasteiger partial charge in [0.25, 0.3) is 0 Å². The smallest absolute Gasteiger partial charge is 0.371 e. The fraction of sp³-hybridized carbons (Fsp3) is 0. The third-order valence-electron chi connectivity index (χ3n) is 0.701. The summed E-state index contributed by atoms with van der Waals surface area (Å²) in [7, 11) is 0. The molecule has 0 aliphatic rings. The van der Waals surface area contributed by atoms with Crippen molar-refractivity contribution in [3.63, 3.8) is 0 Å². The van der Waals surface area contributed by atoms with Crippen LogP contribution >= 0.6 is 0 Å². The maximum Gasteiger partial charge on any atom is 0.371 e. The summed E-state index contributed by atoms with van der Waals surface area (Å²) in [6.45, 7) is 0. The van der Waals surface area contributed by atoms with Crippen molar-refractivity contribution in [3.05, 3.63) is 18.2 Å². The van der Waals surface area contributed by atoms with Gasteiger partial charge in [-0.15, -0.1) is 0 Å². The second-order valence-corrected chi connectivity index (χ2v) is 1.24. The Labute approximate surface area is 67.6 Å². The van der Waals surface area contributed by atoms with E-state index in [1.807, 2.05) is 0 Å². The number of imidazole rings is 1. The first-order valence-corrected chi connectivity index (χ1v) is 2.03. The largest absolute Gasteiger partial charge is 0.475 e. The van der Waals surface area contributed by atoms with Crippen LogP contribution in [0.5, 0.6) is 0 Å². The molecule has 5 nitrogen and oxygen atoms in total. The van der Waals surface area contributed by atoms with E-state index in [-0.39, 0.29) is 28.8 Å². The number of aromatic nitrogens is 2. The van der Waals surface area contributed by atoms with Gasteiger partial charge in [0.05, 0.1) is 0 Å². The summed E-state index contributed by atoms with van der Waals surface area (Å²) in [5, 5.41) is 8.18. The van der Waals surface area contributed by atoms with Gasteiger partial charge in [0, 0.05) is 35.3 Å². The zero-order valence-electron chi connectivity index (χ0n) is 4.74. The molecule has 1 rings (SSSR count). The molecule has 56 valence electrons. The molecule has 0 saturated heterocycles. The topological polar surface area (TPSA) is 96.5 Å². The maximum atomic E-state index is 9.97. The Morgan fingerprint density at radius 3 is 2.50 bits per heavy atom. The zero-order valence-corrected chi connectivity index (χ0v) is 5.78. The van der Waals surface area contributed by atoms with Crippen molar-refractivity contribution in [2.45, 2.75) is 0 Å². The van der Waals surface area contributed by atoms with Gasteiger partial charge < -0.3 is 10.1 Å². The Bertz CT molecular complexity index is 186. The van der Waals surface area contributed by atoms with Crippen LogP contribution in [0.3, 0.4) is 0 Å². The predicted molar refractivity (Wildman–Crippen MR) is 27.7 cm³/mol. The summed E-state index contributed by atoms with van der Waals surface area (Å²) < 4.78 is 0. The van der Waals surface area contributed by atoms with Crippen LogP contribution in [0.1, 0.15) is 10.6 Å². The third-order valence-corrected chi connectivity index (χ3v) is 0.701. The number of carboxylic acid groups (broad SMARTS) is 1.